The van der Waals surface area contributed by atoms with Crippen LogP contribution >= 0.6 is 11.6 Å². The molecule has 0 aliphatic rings. The second-order valence-corrected chi connectivity index (χ2v) is 5.87. The summed E-state index contributed by atoms with van der Waals surface area (Å²) in [6, 6.07) is 15.5. The van der Waals surface area contributed by atoms with Crippen LogP contribution in [0.15, 0.2) is 64.6 Å². The largest absolute Gasteiger partial charge is 0.358 e. The quantitative estimate of drug-likeness (QED) is 0.640. The molecule has 0 amide bonds. The van der Waals surface area contributed by atoms with Crippen LogP contribution < -0.4 is 0 Å². The van der Waals surface area contributed by atoms with Crippen molar-refractivity contribution >= 4 is 27.4 Å². The minimum atomic E-state index is -4.05. The third kappa shape index (κ3) is 3.81. The molecule has 0 fully saturated rings. The molecule has 2 rings (SSSR count). The number of hydrogen-bond acceptors (Lipinski definition) is 5. The van der Waals surface area contributed by atoms with Crippen LogP contribution in [0.1, 0.15) is 5.56 Å². The maximum atomic E-state index is 11.9. The van der Waals surface area contributed by atoms with Crippen LogP contribution in [0.5, 0.6) is 0 Å². The SMILES string of the molecule is N#C/C(=N\OS(=O)(=O)c1ccccc1)c1ccc(Cl)cc1. The summed E-state index contributed by atoms with van der Waals surface area (Å²) < 4.78 is 28.3. The maximum absolute atomic E-state index is 11.9. The molecule has 5 nitrogen and oxygen atoms in total. The molecule has 0 aliphatic carbocycles. The van der Waals surface area contributed by atoms with Gasteiger partial charge in [-0.15, -0.1) is 0 Å². The number of hydrogen-bond donors (Lipinski definition) is 0. The minimum absolute atomic E-state index is 0.0397. The fourth-order valence-electron chi connectivity index (χ4n) is 1.46. The van der Waals surface area contributed by atoms with Gasteiger partial charge in [0.15, 0.2) is 5.71 Å². The summed E-state index contributed by atoms with van der Waals surface area (Å²) in [5.74, 6) is 0. The molecule has 21 heavy (non-hydrogen) atoms. The molecule has 0 aromatic heterocycles. The maximum Gasteiger partial charge on any atom is 0.358 e. The summed E-state index contributed by atoms with van der Waals surface area (Å²) in [6.45, 7) is 0. The van der Waals surface area contributed by atoms with Gasteiger partial charge in [0.25, 0.3) is 0 Å². The summed E-state index contributed by atoms with van der Waals surface area (Å²) in [4.78, 5) is -0.0397. The fraction of sp³-hybridized carbons (Fsp3) is 0. The first-order valence-electron chi connectivity index (χ1n) is 5.75. The fourth-order valence-corrected chi connectivity index (χ4v) is 2.34. The minimum Gasteiger partial charge on any atom is -0.263 e. The van der Waals surface area contributed by atoms with Gasteiger partial charge in [-0.25, -0.2) is 0 Å². The van der Waals surface area contributed by atoms with E-state index in [-0.39, 0.29) is 10.6 Å². The third-order valence-electron chi connectivity index (χ3n) is 2.48. The number of oxime groups is 1. The molecule has 0 bridgehead atoms. The lowest BCUT2D eigenvalue weighted by atomic mass is 10.1. The van der Waals surface area contributed by atoms with E-state index in [1.807, 2.05) is 0 Å². The predicted molar refractivity (Wildman–Crippen MR) is 78.3 cm³/mol. The first-order chi connectivity index (χ1) is 10.0. The van der Waals surface area contributed by atoms with E-state index in [2.05, 4.69) is 9.44 Å². The van der Waals surface area contributed by atoms with Crippen LogP contribution in [0.4, 0.5) is 0 Å². The van der Waals surface area contributed by atoms with Gasteiger partial charge < -0.3 is 0 Å². The highest BCUT2D eigenvalue weighted by atomic mass is 35.5. The van der Waals surface area contributed by atoms with E-state index in [0.29, 0.717) is 10.6 Å². The van der Waals surface area contributed by atoms with Crippen LogP contribution in [-0.4, -0.2) is 14.1 Å². The van der Waals surface area contributed by atoms with Crippen molar-refractivity contribution in [2.45, 2.75) is 4.90 Å². The number of nitrogens with zero attached hydrogens (tertiary/aromatic N) is 2. The molecule has 2 aromatic rings. The Kier molecular flexibility index (Phi) is 4.58. The van der Waals surface area contributed by atoms with Crippen molar-refractivity contribution in [3.05, 3.63) is 65.2 Å². The van der Waals surface area contributed by atoms with Gasteiger partial charge in [-0.05, 0) is 24.3 Å². The molecule has 0 heterocycles. The van der Waals surface area contributed by atoms with Crippen LogP contribution in [0, 0.1) is 11.3 Å². The molecule has 0 spiro atoms. The zero-order valence-corrected chi connectivity index (χ0v) is 12.2. The lowest BCUT2D eigenvalue weighted by Crippen LogP contribution is -2.05. The molecule has 7 heteroatoms. The number of benzene rings is 2. The zero-order chi connectivity index (χ0) is 15.3. The van der Waals surface area contributed by atoms with E-state index in [9.17, 15) is 8.42 Å². The Labute approximate surface area is 127 Å². The van der Waals surface area contributed by atoms with Crippen LogP contribution in [0.2, 0.25) is 5.02 Å². The summed E-state index contributed by atoms with van der Waals surface area (Å²) in [7, 11) is -4.05. The summed E-state index contributed by atoms with van der Waals surface area (Å²) in [6.07, 6.45) is 0. The topological polar surface area (TPSA) is 79.5 Å². The van der Waals surface area contributed by atoms with Gasteiger partial charge >= 0.3 is 10.1 Å². The average Bonchev–Trinajstić information content (AvgIpc) is 2.50. The van der Waals surface area contributed by atoms with Gasteiger partial charge in [-0.2, -0.15) is 13.7 Å². The number of halogens is 1. The second-order valence-electron chi connectivity index (χ2n) is 3.90. The lowest BCUT2D eigenvalue weighted by molar-refractivity contribution is 0.339. The Hall–Kier alpha value is -2.36. The lowest BCUT2D eigenvalue weighted by Gasteiger charge is -2.02. The van der Waals surface area contributed by atoms with Crippen molar-refractivity contribution in [1.29, 1.82) is 5.26 Å². The van der Waals surface area contributed by atoms with E-state index in [4.69, 9.17) is 16.9 Å². The van der Waals surface area contributed by atoms with Gasteiger partial charge in [0.1, 0.15) is 11.0 Å². The monoisotopic (exact) mass is 320 g/mol. The summed E-state index contributed by atoms with van der Waals surface area (Å²) >= 11 is 5.74. The van der Waals surface area contributed by atoms with Crippen LogP contribution in [0.3, 0.4) is 0 Å². The van der Waals surface area contributed by atoms with Gasteiger partial charge in [-0.3, -0.25) is 4.28 Å². The summed E-state index contributed by atoms with van der Waals surface area (Å²) in [5.41, 5.74) is 0.247. The van der Waals surface area contributed by atoms with E-state index < -0.39 is 10.1 Å². The van der Waals surface area contributed by atoms with Gasteiger partial charge in [0.05, 0.1) is 0 Å². The molecular weight excluding hydrogens is 312 g/mol. The van der Waals surface area contributed by atoms with Crippen LogP contribution in [0.25, 0.3) is 0 Å². The average molecular weight is 321 g/mol. The Morgan fingerprint density at radius 1 is 1.10 bits per heavy atom. The van der Waals surface area contributed by atoms with Crippen molar-refractivity contribution in [2.24, 2.45) is 5.16 Å². The van der Waals surface area contributed by atoms with E-state index in [1.54, 1.807) is 48.5 Å². The molecule has 0 saturated carbocycles. The molecule has 2 aromatic carbocycles. The smallest absolute Gasteiger partial charge is 0.263 e. The highest BCUT2D eigenvalue weighted by molar-refractivity contribution is 7.86. The van der Waals surface area contributed by atoms with Crippen molar-refractivity contribution in [1.82, 2.24) is 0 Å². The highest BCUT2D eigenvalue weighted by Crippen LogP contribution is 2.14. The van der Waals surface area contributed by atoms with Crippen molar-refractivity contribution in [3.8, 4) is 6.07 Å². The van der Waals surface area contributed by atoms with E-state index >= 15 is 0 Å². The zero-order valence-electron chi connectivity index (χ0n) is 10.6. The molecule has 0 radical (unpaired) electrons. The molecule has 0 unspecified atom stereocenters. The summed E-state index contributed by atoms with van der Waals surface area (Å²) in [5, 5.41) is 12.9. The molecule has 0 atom stereocenters. The third-order valence-corrected chi connectivity index (χ3v) is 3.85. The predicted octanol–water partition coefficient (Wildman–Crippen LogP) is 2.97. The Bertz CT molecular complexity index is 794. The van der Waals surface area contributed by atoms with Gasteiger partial charge in [0.2, 0.25) is 0 Å². The molecule has 106 valence electrons. The van der Waals surface area contributed by atoms with Crippen molar-refractivity contribution < 1.29 is 12.7 Å². The van der Waals surface area contributed by atoms with Gasteiger partial charge in [-0.1, -0.05) is 47.1 Å². The Morgan fingerprint density at radius 2 is 1.71 bits per heavy atom. The number of nitriles is 1. The highest BCUT2D eigenvalue weighted by Gasteiger charge is 2.15. The van der Waals surface area contributed by atoms with Crippen LogP contribution in [-0.2, 0) is 14.4 Å². The van der Waals surface area contributed by atoms with E-state index in [0.717, 1.165) is 0 Å². The second kappa shape index (κ2) is 6.39. The standard InChI is InChI=1S/C14H9ClN2O3S/c15-12-8-6-11(7-9-12)14(10-16)17-20-21(18,19)13-4-2-1-3-5-13/h1-9H/b17-14+. The van der Waals surface area contributed by atoms with Gasteiger partial charge in [0, 0.05) is 10.6 Å². The molecular formula is C14H9ClN2O3S. The Balaban J connectivity index is 2.27. The normalized spacial score (nSPS) is 11.7. The Morgan fingerprint density at radius 3 is 2.29 bits per heavy atom. The van der Waals surface area contributed by atoms with Crippen molar-refractivity contribution in [3.63, 3.8) is 0 Å². The van der Waals surface area contributed by atoms with E-state index in [1.165, 1.54) is 12.1 Å². The van der Waals surface area contributed by atoms with Crippen molar-refractivity contribution in [2.75, 3.05) is 0 Å². The molecule has 0 aliphatic heterocycles. The first kappa shape index (κ1) is 15.0. The molecule has 0 N–H and O–H groups in total. The number of rotatable bonds is 4. The molecule has 0 saturated heterocycles. The first-order valence-corrected chi connectivity index (χ1v) is 7.54.